The summed E-state index contributed by atoms with van der Waals surface area (Å²) in [5, 5.41) is 0. The highest BCUT2D eigenvalue weighted by molar-refractivity contribution is 7.88. The molecule has 0 bridgehead atoms. The van der Waals surface area contributed by atoms with Crippen LogP contribution in [-0.4, -0.2) is 8.42 Å². The molecule has 0 amide bonds. The normalized spacial score (nSPS) is 11.5. The zero-order valence-corrected chi connectivity index (χ0v) is 8.49. The van der Waals surface area contributed by atoms with Crippen LogP contribution in [0, 0.1) is 6.92 Å². The molecule has 0 saturated heterocycles. The van der Waals surface area contributed by atoms with Gasteiger partial charge in [0.2, 0.25) is 0 Å². The fraction of sp³-hybridized carbons (Fsp3) is 0.143. The third-order valence-corrected chi connectivity index (χ3v) is 3.50. The van der Waals surface area contributed by atoms with E-state index in [2.05, 4.69) is 3.97 Å². The predicted molar refractivity (Wildman–Crippen MR) is 49.2 cm³/mol. The summed E-state index contributed by atoms with van der Waals surface area (Å²) in [5.41, 5.74) is 0.681. The molecule has 0 radical (unpaired) electrons. The van der Waals surface area contributed by atoms with E-state index < -0.39 is 10.1 Å². The van der Waals surface area contributed by atoms with Crippen molar-refractivity contribution in [2.75, 3.05) is 0 Å². The van der Waals surface area contributed by atoms with Gasteiger partial charge in [-0.05, 0) is 18.6 Å². The van der Waals surface area contributed by atoms with Gasteiger partial charge in [-0.2, -0.15) is 8.42 Å². The molecular formula is C7H9O3PS. The van der Waals surface area contributed by atoms with E-state index in [0.717, 1.165) is 0 Å². The average Bonchev–Trinajstić information content (AvgIpc) is 2.05. The smallest absolute Gasteiger partial charge is 0.251 e. The van der Waals surface area contributed by atoms with E-state index in [1.54, 1.807) is 34.6 Å². The van der Waals surface area contributed by atoms with Crippen LogP contribution in [0.15, 0.2) is 29.2 Å². The molecular weight excluding hydrogens is 195 g/mol. The third kappa shape index (κ3) is 1.83. The zero-order chi connectivity index (χ0) is 9.19. The van der Waals surface area contributed by atoms with E-state index in [4.69, 9.17) is 0 Å². The number of hydrogen-bond acceptors (Lipinski definition) is 3. The molecule has 0 N–H and O–H groups in total. The Balaban J connectivity index is 3.30. The maximum absolute atomic E-state index is 11.2. The zero-order valence-electron chi connectivity index (χ0n) is 6.52. The second-order valence-electron chi connectivity index (χ2n) is 2.32. The minimum absolute atomic E-state index is 0.208. The van der Waals surface area contributed by atoms with E-state index in [0.29, 0.717) is 5.56 Å². The molecule has 1 atom stereocenters. The summed E-state index contributed by atoms with van der Waals surface area (Å²) in [4.78, 5) is 0.208. The Morgan fingerprint density at radius 1 is 1.33 bits per heavy atom. The van der Waals surface area contributed by atoms with Crippen LogP contribution >= 0.6 is 9.47 Å². The van der Waals surface area contributed by atoms with Crippen LogP contribution in [-0.2, 0) is 14.1 Å². The lowest BCUT2D eigenvalue weighted by Crippen LogP contribution is -2.01. The van der Waals surface area contributed by atoms with Crippen LogP contribution in [0.4, 0.5) is 0 Å². The van der Waals surface area contributed by atoms with Crippen molar-refractivity contribution >= 4 is 19.6 Å². The van der Waals surface area contributed by atoms with Crippen molar-refractivity contribution < 1.29 is 12.4 Å². The molecule has 0 fully saturated rings. The Kier molecular flexibility index (Phi) is 2.83. The van der Waals surface area contributed by atoms with Crippen molar-refractivity contribution in [2.45, 2.75) is 11.8 Å². The Morgan fingerprint density at radius 2 is 1.92 bits per heavy atom. The second kappa shape index (κ2) is 3.52. The van der Waals surface area contributed by atoms with Gasteiger partial charge >= 0.3 is 0 Å². The van der Waals surface area contributed by atoms with Gasteiger partial charge in [-0.25, -0.2) is 0 Å². The molecule has 1 rings (SSSR count). The van der Waals surface area contributed by atoms with Crippen molar-refractivity contribution in [1.29, 1.82) is 0 Å². The van der Waals surface area contributed by atoms with Crippen molar-refractivity contribution in [2.24, 2.45) is 0 Å². The summed E-state index contributed by atoms with van der Waals surface area (Å²) in [6.07, 6.45) is 0. The van der Waals surface area contributed by atoms with Crippen LogP contribution in [0.3, 0.4) is 0 Å². The summed E-state index contributed by atoms with van der Waals surface area (Å²) in [6.45, 7) is 1.72. The summed E-state index contributed by atoms with van der Waals surface area (Å²) in [7, 11) is -1.83. The van der Waals surface area contributed by atoms with E-state index in [9.17, 15) is 8.42 Å². The van der Waals surface area contributed by atoms with Gasteiger partial charge in [-0.15, -0.1) is 0 Å². The molecule has 1 aromatic carbocycles. The lowest BCUT2D eigenvalue weighted by atomic mass is 10.2. The van der Waals surface area contributed by atoms with Gasteiger partial charge in [-0.1, -0.05) is 18.2 Å². The summed E-state index contributed by atoms with van der Waals surface area (Å²) in [5.74, 6) is 0. The lowest BCUT2D eigenvalue weighted by molar-refractivity contribution is 0.517. The Hall–Kier alpha value is -0.440. The topological polar surface area (TPSA) is 43.4 Å². The SMILES string of the molecule is Cc1ccccc1S(=O)(=O)OP. The summed E-state index contributed by atoms with van der Waals surface area (Å²) >= 11 is 0. The fourth-order valence-electron chi connectivity index (χ4n) is 0.889. The van der Waals surface area contributed by atoms with E-state index in [-0.39, 0.29) is 4.90 Å². The first-order valence-electron chi connectivity index (χ1n) is 3.27. The van der Waals surface area contributed by atoms with E-state index in [1.807, 2.05) is 0 Å². The van der Waals surface area contributed by atoms with Gasteiger partial charge in [0, 0.05) is 9.47 Å². The number of hydrogen-bond donors (Lipinski definition) is 0. The maximum atomic E-state index is 11.2. The monoisotopic (exact) mass is 204 g/mol. The molecule has 0 aliphatic carbocycles. The van der Waals surface area contributed by atoms with Gasteiger partial charge < -0.3 is 0 Å². The maximum Gasteiger partial charge on any atom is 0.299 e. The molecule has 66 valence electrons. The first-order chi connectivity index (χ1) is 5.58. The molecule has 3 nitrogen and oxygen atoms in total. The van der Waals surface area contributed by atoms with Gasteiger partial charge in [0.25, 0.3) is 10.1 Å². The van der Waals surface area contributed by atoms with E-state index in [1.165, 1.54) is 6.07 Å². The van der Waals surface area contributed by atoms with Crippen LogP contribution in [0.5, 0.6) is 0 Å². The molecule has 1 aromatic rings. The minimum Gasteiger partial charge on any atom is -0.251 e. The van der Waals surface area contributed by atoms with Gasteiger partial charge in [0.1, 0.15) is 0 Å². The molecule has 5 heteroatoms. The van der Waals surface area contributed by atoms with Crippen molar-refractivity contribution in [3.8, 4) is 0 Å². The van der Waals surface area contributed by atoms with Gasteiger partial charge in [0.05, 0.1) is 4.90 Å². The fourth-order valence-corrected chi connectivity index (χ4v) is 2.01. The Labute approximate surface area is 74.2 Å². The molecule has 0 aliphatic heterocycles. The van der Waals surface area contributed by atoms with Gasteiger partial charge in [0.15, 0.2) is 0 Å². The van der Waals surface area contributed by atoms with Gasteiger partial charge in [-0.3, -0.25) is 3.97 Å². The number of aryl methyl sites for hydroxylation is 1. The van der Waals surface area contributed by atoms with Crippen molar-refractivity contribution in [1.82, 2.24) is 0 Å². The van der Waals surface area contributed by atoms with Crippen molar-refractivity contribution in [3.05, 3.63) is 29.8 Å². The Morgan fingerprint density at radius 3 is 2.42 bits per heavy atom. The van der Waals surface area contributed by atoms with E-state index >= 15 is 0 Å². The van der Waals surface area contributed by atoms with Crippen LogP contribution in [0.2, 0.25) is 0 Å². The first-order valence-corrected chi connectivity index (χ1v) is 5.15. The first kappa shape index (κ1) is 9.65. The number of rotatable bonds is 2. The quantitative estimate of drug-likeness (QED) is 0.685. The highest BCUT2D eigenvalue weighted by Gasteiger charge is 2.14. The molecule has 0 saturated carbocycles. The summed E-state index contributed by atoms with van der Waals surface area (Å²) < 4.78 is 26.7. The molecule has 0 aromatic heterocycles. The minimum atomic E-state index is -3.57. The molecule has 0 aliphatic rings. The second-order valence-corrected chi connectivity index (χ2v) is 4.43. The molecule has 1 unspecified atom stereocenters. The van der Waals surface area contributed by atoms with Crippen molar-refractivity contribution in [3.63, 3.8) is 0 Å². The van der Waals surface area contributed by atoms with Crippen LogP contribution < -0.4 is 0 Å². The number of benzene rings is 1. The standard InChI is InChI=1S/C7H9O3PS/c1-6-4-2-3-5-7(6)12(8,9)10-11/h2-5H,11H2,1H3. The highest BCUT2D eigenvalue weighted by atomic mass is 32.2. The molecule has 0 heterocycles. The van der Waals surface area contributed by atoms with Crippen LogP contribution in [0.25, 0.3) is 0 Å². The summed E-state index contributed by atoms with van der Waals surface area (Å²) in [6, 6.07) is 6.66. The third-order valence-electron chi connectivity index (χ3n) is 1.49. The molecule has 0 spiro atoms. The lowest BCUT2D eigenvalue weighted by Gasteiger charge is -2.03. The highest BCUT2D eigenvalue weighted by Crippen LogP contribution is 2.18. The average molecular weight is 204 g/mol. The predicted octanol–water partition coefficient (Wildman–Crippen LogP) is 1.49. The van der Waals surface area contributed by atoms with Crippen LogP contribution in [0.1, 0.15) is 5.56 Å². The largest absolute Gasteiger partial charge is 0.299 e. The molecule has 12 heavy (non-hydrogen) atoms. The Bertz CT molecular complexity index is 372.